The molecule has 0 aromatic heterocycles. The summed E-state index contributed by atoms with van der Waals surface area (Å²) in [5, 5.41) is 64.7. The normalized spacial score (nSPS) is 28.3. The number of hydrogen-bond acceptors (Lipinski definition) is 9. The van der Waals surface area contributed by atoms with Gasteiger partial charge >= 0.3 is 6.18 Å². The predicted molar refractivity (Wildman–Crippen MR) is 207 cm³/mol. The van der Waals surface area contributed by atoms with Crippen LogP contribution in [0.3, 0.4) is 0 Å². The van der Waals surface area contributed by atoms with Crippen molar-refractivity contribution in [3.05, 3.63) is 0 Å². The Kier molecular flexibility index (Phi) is 27.1. The van der Waals surface area contributed by atoms with E-state index in [0.29, 0.717) is 25.7 Å². The van der Waals surface area contributed by atoms with E-state index in [1.807, 2.05) is 0 Å². The van der Waals surface area contributed by atoms with Gasteiger partial charge in [0.05, 0.1) is 31.5 Å². The van der Waals surface area contributed by atoms with Crippen LogP contribution in [0.2, 0.25) is 0 Å². The van der Waals surface area contributed by atoms with Gasteiger partial charge < -0.3 is 40.1 Å². The molecule has 2 fully saturated rings. The third-order valence-electron chi connectivity index (χ3n) is 11.9. The van der Waals surface area contributed by atoms with E-state index in [4.69, 9.17) is 9.47 Å². The van der Waals surface area contributed by atoms with Crippen LogP contribution in [0, 0.1) is 5.92 Å². The van der Waals surface area contributed by atoms with E-state index in [-0.39, 0.29) is 25.2 Å². The predicted octanol–water partition coefficient (Wildman–Crippen LogP) is 7.88. The molecule has 2 rings (SSSR count). The van der Waals surface area contributed by atoms with Crippen LogP contribution in [-0.2, 0) is 9.47 Å². The molecule has 56 heavy (non-hydrogen) atoms. The Morgan fingerprint density at radius 2 is 1.20 bits per heavy atom. The fourth-order valence-corrected chi connectivity index (χ4v) is 8.15. The van der Waals surface area contributed by atoms with Crippen molar-refractivity contribution in [3.63, 3.8) is 0 Å². The summed E-state index contributed by atoms with van der Waals surface area (Å²) in [5.74, 6) is 0.245. The van der Waals surface area contributed by atoms with Gasteiger partial charge in [-0.2, -0.15) is 13.2 Å². The zero-order chi connectivity index (χ0) is 41.3. The van der Waals surface area contributed by atoms with Gasteiger partial charge in [0.2, 0.25) is 0 Å². The van der Waals surface area contributed by atoms with Crippen LogP contribution in [0.25, 0.3) is 0 Å². The van der Waals surface area contributed by atoms with E-state index >= 15 is 0 Å². The number of alkyl halides is 5. The second-order valence-corrected chi connectivity index (χ2v) is 16.8. The summed E-state index contributed by atoms with van der Waals surface area (Å²) in [6.45, 7) is 0.860. The molecule has 334 valence electrons. The van der Waals surface area contributed by atoms with Crippen molar-refractivity contribution in [1.29, 1.82) is 0 Å². The number of unbranched alkanes of at least 4 members (excludes halogenated alkanes) is 18. The second-order valence-electron chi connectivity index (χ2n) is 16.8. The molecule has 14 heteroatoms. The molecular formula is C42H78F5NO8. The summed E-state index contributed by atoms with van der Waals surface area (Å²) in [4.78, 5) is 0. The number of ether oxygens (including phenoxy) is 2. The van der Waals surface area contributed by atoms with Gasteiger partial charge in [-0.15, -0.1) is 0 Å². The molecule has 1 aliphatic carbocycles. The minimum atomic E-state index is -4.67. The second kappa shape index (κ2) is 29.5. The van der Waals surface area contributed by atoms with Crippen molar-refractivity contribution in [2.24, 2.45) is 5.92 Å². The molecule has 1 saturated heterocycles. The number of nitrogens with one attached hydrogen (secondary N) is 1. The summed E-state index contributed by atoms with van der Waals surface area (Å²) in [6, 6.07) is -3.44. The zero-order valence-electron chi connectivity index (χ0n) is 34.1. The van der Waals surface area contributed by atoms with E-state index in [1.165, 1.54) is 44.9 Å². The monoisotopic (exact) mass is 820 g/mol. The highest BCUT2D eigenvalue weighted by molar-refractivity contribution is 4.91. The maximum Gasteiger partial charge on any atom is 0.403 e. The van der Waals surface area contributed by atoms with Crippen molar-refractivity contribution in [2.45, 2.75) is 247 Å². The van der Waals surface area contributed by atoms with E-state index < -0.39 is 86.7 Å². The Morgan fingerprint density at radius 3 is 1.71 bits per heavy atom. The maximum atomic E-state index is 14.3. The van der Waals surface area contributed by atoms with Crippen molar-refractivity contribution in [3.8, 4) is 0 Å². The molecule has 0 bridgehead atoms. The third kappa shape index (κ3) is 20.5. The van der Waals surface area contributed by atoms with Crippen molar-refractivity contribution >= 4 is 0 Å². The molecule has 0 spiro atoms. The van der Waals surface area contributed by atoms with Crippen LogP contribution in [0.4, 0.5) is 22.0 Å². The van der Waals surface area contributed by atoms with Crippen molar-refractivity contribution in [1.82, 2.24) is 5.32 Å². The first-order chi connectivity index (χ1) is 26.8. The number of aliphatic hydroxyl groups excluding tert-OH is 6. The zero-order valence-corrected chi connectivity index (χ0v) is 34.1. The summed E-state index contributed by atoms with van der Waals surface area (Å²) in [5.41, 5.74) is 0. The van der Waals surface area contributed by atoms with Gasteiger partial charge in [0.1, 0.15) is 42.8 Å². The van der Waals surface area contributed by atoms with E-state index in [9.17, 15) is 52.6 Å². The van der Waals surface area contributed by atoms with Crippen molar-refractivity contribution in [2.75, 3.05) is 13.2 Å². The Hall–Kier alpha value is -0.710. The van der Waals surface area contributed by atoms with Crippen LogP contribution < -0.4 is 5.32 Å². The molecule has 1 saturated carbocycles. The highest BCUT2D eigenvalue weighted by atomic mass is 19.4. The largest absolute Gasteiger partial charge is 0.403 e. The molecule has 0 amide bonds. The third-order valence-corrected chi connectivity index (χ3v) is 11.9. The lowest BCUT2D eigenvalue weighted by molar-refractivity contribution is -0.303. The van der Waals surface area contributed by atoms with Crippen LogP contribution in [0.1, 0.15) is 174 Å². The van der Waals surface area contributed by atoms with Gasteiger partial charge in [-0.1, -0.05) is 142 Å². The first kappa shape index (κ1) is 51.4. The van der Waals surface area contributed by atoms with Gasteiger partial charge in [-0.3, -0.25) is 5.32 Å². The lowest BCUT2D eigenvalue weighted by atomic mass is 9.83. The minimum Gasteiger partial charge on any atom is -0.394 e. The standard InChI is InChI=1S/C42H78F5NO8/c1-2-3-4-5-6-7-8-9-10-14-17-20-23-34(50)37(51)33(29-55-41-40(54)39(53)38(52)35(28-49)56-41)48-36(42(45,46)47)24-21-18-15-12-11-13-16-19-22-30-25-26-31(43)32(44)27-30/h30-41,48-54H,2-29H2,1H3/t30?,31?,32?,33-,34+,35?,36-,37-,38?,39?,40?,41?/m0/s1. The molecule has 7 N–H and O–H groups in total. The number of rotatable bonds is 32. The number of hydrogen-bond donors (Lipinski definition) is 7. The van der Waals surface area contributed by atoms with E-state index in [0.717, 1.165) is 77.0 Å². The highest BCUT2D eigenvalue weighted by Gasteiger charge is 2.46. The summed E-state index contributed by atoms with van der Waals surface area (Å²) in [6.07, 6.45) is 3.42. The van der Waals surface area contributed by atoms with Gasteiger partial charge in [-0.25, -0.2) is 8.78 Å². The van der Waals surface area contributed by atoms with Gasteiger partial charge in [-0.05, 0) is 38.0 Å². The van der Waals surface area contributed by atoms with Crippen LogP contribution in [0.5, 0.6) is 0 Å². The fourth-order valence-electron chi connectivity index (χ4n) is 8.15. The molecular weight excluding hydrogens is 741 g/mol. The molecule has 8 unspecified atom stereocenters. The van der Waals surface area contributed by atoms with E-state index in [2.05, 4.69) is 12.2 Å². The molecule has 0 aromatic rings. The van der Waals surface area contributed by atoms with Gasteiger partial charge in [0, 0.05) is 0 Å². The topological polar surface area (TPSA) is 152 Å². The lowest BCUT2D eigenvalue weighted by Crippen LogP contribution is -2.61. The Balaban J connectivity index is 1.83. The molecule has 9 nitrogen and oxygen atoms in total. The minimum absolute atomic E-state index is 0.172. The summed E-state index contributed by atoms with van der Waals surface area (Å²) < 4.78 is 80.9. The lowest BCUT2D eigenvalue weighted by Gasteiger charge is -2.40. The SMILES string of the molecule is CCCCCCCCCCCCCC[C@@H](O)[C@@H](O)[C@H](COC1OC(CO)C(O)C(O)C1O)N[C@@H](CCCCCCCCCCC1CCC(F)C(F)C1)C(F)(F)F. The quantitative estimate of drug-likeness (QED) is 0.0266. The summed E-state index contributed by atoms with van der Waals surface area (Å²) >= 11 is 0. The Bertz CT molecular complexity index is 955. The molecule has 1 heterocycles. The highest BCUT2D eigenvalue weighted by Crippen LogP contribution is 2.32. The van der Waals surface area contributed by atoms with Gasteiger partial charge in [0.15, 0.2) is 6.29 Å². The van der Waals surface area contributed by atoms with Crippen LogP contribution in [-0.4, -0.2) is 117 Å². The Morgan fingerprint density at radius 1 is 0.679 bits per heavy atom. The average molecular weight is 820 g/mol. The van der Waals surface area contributed by atoms with Gasteiger partial charge in [0.25, 0.3) is 0 Å². The number of aliphatic hydroxyl groups is 6. The molecule has 1 aliphatic heterocycles. The molecule has 0 aromatic carbocycles. The maximum absolute atomic E-state index is 14.3. The van der Waals surface area contributed by atoms with Crippen LogP contribution >= 0.6 is 0 Å². The van der Waals surface area contributed by atoms with Crippen molar-refractivity contribution < 1.29 is 62.1 Å². The molecule has 12 atom stereocenters. The van der Waals surface area contributed by atoms with E-state index in [1.54, 1.807) is 0 Å². The first-order valence-corrected chi connectivity index (χ1v) is 22.2. The number of halogens is 5. The first-order valence-electron chi connectivity index (χ1n) is 22.2. The summed E-state index contributed by atoms with van der Waals surface area (Å²) in [7, 11) is 0. The molecule has 2 aliphatic rings. The average Bonchev–Trinajstić information content (AvgIpc) is 3.17. The Labute approximate surface area is 333 Å². The smallest absolute Gasteiger partial charge is 0.394 e. The molecule has 0 radical (unpaired) electrons. The fraction of sp³-hybridized carbons (Fsp3) is 1.00. The van der Waals surface area contributed by atoms with Crippen LogP contribution in [0.15, 0.2) is 0 Å².